The number of piperazine rings is 1. The van der Waals surface area contributed by atoms with Crippen LogP contribution in [0.3, 0.4) is 0 Å². The van der Waals surface area contributed by atoms with Crippen molar-refractivity contribution in [2.45, 2.75) is 52.2 Å². The highest BCUT2D eigenvalue weighted by Crippen LogP contribution is 2.25. The molecule has 3 nitrogen and oxygen atoms in total. The largest absolute Gasteiger partial charge is 0.383 e. The molecule has 1 fully saturated rings. The van der Waals surface area contributed by atoms with Crippen LogP contribution in [0.15, 0.2) is 0 Å². The van der Waals surface area contributed by atoms with E-state index in [1.54, 1.807) is 7.11 Å². The van der Waals surface area contributed by atoms with E-state index >= 15 is 0 Å². The summed E-state index contributed by atoms with van der Waals surface area (Å²) in [6, 6.07) is 1.19. The third-order valence-corrected chi connectivity index (χ3v) is 3.59. The van der Waals surface area contributed by atoms with E-state index in [2.05, 4.69) is 44.8 Å². The first-order valence-corrected chi connectivity index (χ1v) is 6.37. The van der Waals surface area contributed by atoms with E-state index in [1.165, 1.54) is 0 Å². The summed E-state index contributed by atoms with van der Waals surface area (Å²) in [5.74, 6) is 0.677. The summed E-state index contributed by atoms with van der Waals surface area (Å²) in [5, 5.41) is 3.58. The van der Waals surface area contributed by atoms with E-state index < -0.39 is 0 Å². The Labute approximate surface area is 101 Å². The van der Waals surface area contributed by atoms with Crippen LogP contribution in [0.2, 0.25) is 0 Å². The van der Waals surface area contributed by atoms with Gasteiger partial charge in [-0.05, 0) is 26.7 Å². The Bertz CT molecular complexity index is 216. The van der Waals surface area contributed by atoms with Crippen LogP contribution in [0.25, 0.3) is 0 Å². The van der Waals surface area contributed by atoms with Crippen LogP contribution in [0.4, 0.5) is 0 Å². The number of nitrogens with one attached hydrogen (secondary N) is 1. The van der Waals surface area contributed by atoms with Gasteiger partial charge in [-0.3, -0.25) is 4.90 Å². The van der Waals surface area contributed by atoms with Crippen LogP contribution in [0.1, 0.15) is 34.6 Å². The molecule has 0 aliphatic carbocycles. The van der Waals surface area contributed by atoms with Gasteiger partial charge < -0.3 is 10.1 Å². The first kappa shape index (κ1) is 13.9. The zero-order valence-corrected chi connectivity index (χ0v) is 11.7. The van der Waals surface area contributed by atoms with Crippen LogP contribution >= 0.6 is 0 Å². The first-order chi connectivity index (χ1) is 7.38. The zero-order chi connectivity index (χ0) is 12.3. The SMILES string of the molecule is COCC(C)(C)N1CC(C)NCC1C(C)C. The van der Waals surface area contributed by atoms with Crippen molar-refractivity contribution < 1.29 is 4.74 Å². The Hall–Kier alpha value is -0.120. The van der Waals surface area contributed by atoms with Gasteiger partial charge in [-0.1, -0.05) is 13.8 Å². The van der Waals surface area contributed by atoms with Gasteiger partial charge in [-0.25, -0.2) is 0 Å². The molecule has 16 heavy (non-hydrogen) atoms. The molecule has 3 heteroatoms. The first-order valence-electron chi connectivity index (χ1n) is 6.37. The Morgan fingerprint density at radius 2 is 2.06 bits per heavy atom. The maximum Gasteiger partial charge on any atom is 0.0641 e. The quantitative estimate of drug-likeness (QED) is 0.793. The third-order valence-electron chi connectivity index (χ3n) is 3.59. The molecule has 1 aliphatic heterocycles. The van der Waals surface area contributed by atoms with Crippen molar-refractivity contribution in [3.8, 4) is 0 Å². The maximum atomic E-state index is 5.36. The van der Waals surface area contributed by atoms with Crippen molar-refractivity contribution in [2.75, 3.05) is 26.8 Å². The van der Waals surface area contributed by atoms with Crippen LogP contribution in [-0.4, -0.2) is 49.3 Å². The van der Waals surface area contributed by atoms with Crippen LogP contribution in [0.5, 0.6) is 0 Å². The highest BCUT2D eigenvalue weighted by molar-refractivity contribution is 4.94. The molecule has 0 aromatic rings. The molecule has 0 radical (unpaired) electrons. The van der Waals surface area contributed by atoms with Crippen molar-refractivity contribution in [3.63, 3.8) is 0 Å². The lowest BCUT2D eigenvalue weighted by molar-refractivity contribution is -0.0284. The standard InChI is InChI=1S/C13H28N2O/c1-10(2)12-7-14-11(3)8-15(12)13(4,5)9-16-6/h10-12,14H,7-9H2,1-6H3. The van der Waals surface area contributed by atoms with Gasteiger partial charge in [0.15, 0.2) is 0 Å². The summed E-state index contributed by atoms with van der Waals surface area (Å²) in [6.45, 7) is 14.4. The minimum Gasteiger partial charge on any atom is -0.383 e. The van der Waals surface area contributed by atoms with E-state index in [0.29, 0.717) is 18.0 Å². The molecule has 0 amide bonds. The number of hydrogen-bond acceptors (Lipinski definition) is 3. The molecule has 1 N–H and O–H groups in total. The summed E-state index contributed by atoms with van der Waals surface area (Å²) in [4.78, 5) is 2.61. The fourth-order valence-corrected chi connectivity index (χ4v) is 2.65. The van der Waals surface area contributed by atoms with E-state index in [9.17, 15) is 0 Å². The van der Waals surface area contributed by atoms with Gasteiger partial charge in [0, 0.05) is 37.8 Å². The molecule has 1 rings (SSSR count). The second-order valence-corrected chi connectivity index (χ2v) is 6.02. The number of methoxy groups -OCH3 is 1. The van der Waals surface area contributed by atoms with Crippen LogP contribution < -0.4 is 5.32 Å². The average molecular weight is 228 g/mol. The summed E-state index contributed by atoms with van der Waals surface area (Å²) in [5.41, 5.74) is 0.125. The van der Waals surface area contributed by atoms with Gasteiger partial charge in [0.2, 0.25) is 0 Å². The lowest BCUT2D eigenvalue weighted by Crippen LogP contribution is -2.64. The lowest BCUT2D eigenvalue weighted by atomic mass is 9.92. The predicted octanol–water partition coefficient (Wildman–Crippen LogP) is 1.73. The van der Waals surface area contributed by atoms with Crippen molar-refractivity contribution >= 4 is 0 Å². The monoisotopic (exact) mass is 228 g/mol. The molecule has 2 atom stereocenters. The molecule has 96 valence electrons. The van der Waals surface area contributed by atoms with Crippen LogP contribution in [0, 0.1) is 5.92 Å². The number of hydrogen-bond donors (Lipinski definition) is 1. The molecule has 0 spiro atoms. The molecule has 1 heterocycles. The smallest absolute Gasteiger partial charge is 0.0641 e. The van der Waals surface area contributed by atoms with E-state index in [-0.39, 0.29) is 5.54 Å². The van der Waals surface area contributed by atoms with Gasteiger partial charge in [0.1, 0.15) is 0 Å². The molecule has 1 saturated heterocycles. The topological polar surface area (TPSA) is 24.5 Å². The molecule has 0 saturated carbocycles. The molecular formula is C13H28N2O. The fourth-order valence-electron chi connectivity index (χ4n) is 2.65. The number of nitrogens with zero attached hydrogens (tertiary/aromatic N) is 1. The van der Waals surface area contributed by atoms with Crippen LogP contribution in [-0.2, 0) is 4.74 Å². The summed E-state index contributed by atoms with van der Waals surface area (Å²) in [6.07, 6.45) is 0. The average Bonchev–Trinajstić information content (AvgIpc) is 2.17. The second kappa shape index (κ2) is 5.48. The Balaban J connectivity index is 2.78. The summed E-state index contributed by atoms with van der Waals surface area (Å²) in [7, 11) is 1.79. The van der Waals surface area contributed by atoms with Gasteiger partial charge in [0.05, 0.1) is 6.61 Å². The molecule has 2 unspecified atom stereocenters. The summed E-state index contributed by atoms with van der Waals surface area (Å²) >= 11 is 0. The van der Waals surface area contributed by atoms with Crippen molar-refractivity contribution in [1.29, 1.82) is 0 Å². The number of rotatable bonds is 4. The predicted molar refractivity (Wildman–Crippen MR) is 68.8 cm³/mol. The van der Waals surface area contributed by atoms with Crippen molar-refractivity contribution in [3.05, 3.63) is 0 Å². The minimum absolute atomic E-state index is 0.125. The van der Waals surface area contributed by atoms with Crippen molar-refractivity contribution in [2.24, 2.45) is 5.92 Å². The maximum absolute atomic E-state index is 5.36. The molecular weight excluding hydrogens is 200 g/mol. The second-order valence-electron chi connectivity index (χ2n) is 6.02. The molecule has 1 aliphatic rings. The van der Waals surface area contributed by atoms with E-state index in [0.717, 1.165) is 19.7 Å². The Morgan fingerprint density at radius 3 is 2.56 bits per heavy atom. The number of ether oxygens (including phenoxy) is 1. The molecule has 0 aromatic carbocycles. The minimum atomic E-state index is 0.125. The Kier molecular flexibility index (Phi) is 4.77. The highest BCUT2D eigenvalue weighted by atomic mass is 16.5. The van der Waals surface area contributed by atoms with Gasteiger partial charge in [-0.2, -0.15) is 0 Å². The van der Waals surface area contributed by atoms with Crippen molar-refractivity contribution in [1.82, 2.24) is 10.2 Å². The van der Waals surface area contributed by atoms with Gasteiger partial charge in [0.25, 0.3) is 0 Å². The lowest BCUT2D eigenvalue weighted by Gasteiger charge is -2.49. The zero-order valence-electron chi connectivity index (χ0n) is 11.7. The van der Waals surface area contributed by atoms with Gasteiger partial charge in [-0.15, -0.1) is 0 Å². The van der Waals surface area contributed by atoms with E-state index in [1.807, 2.05) is 0 Å². The molecule has 0 aromatic heterocycles. The van der Waals surface area contributed by atoms with Gasteiger partial charge >= 0.3 is 0 Å². The highest BCUT2D eigenvalue weighted by Gasteiger charge is 2.37. The Morgan fingerprint density at radius 1 is 1.44 bits per heavy atom. The fraction of sp³-hybridized carbons (Fsp3) is 1.00. The normalized spacial score (nSPS) is 28.7. The van der Waals surface area contributed by atoms with E-state index in [4.69, 9.17) is 4.74 Å². The third kappa shape index (κ3) is 3.19. The molecule has 0 bridgehead atoms. The summed E-state index contributed by atoms with van der Waals surface area (Å²) < 4.78 is 5.36.